The molecule has 0 spiro atoms. The van der Waals surface area contributed by atoms with Crippen molar-refractivity contribution in [2.75, 3.05) is 0 Å². The molecule has 0 aromatic heterocycles. The van der Waals surface area contributed by atoms with Gasteiger partial charge in [0.2, 0.25) is 0 Å². The smallest absolute Gasteiger partial charge is 0.310 e. The maximum absolute atomic E-state index is 13.7. The maximum atomic E-state index is 13.7. The molecular weight excluding hydrogens is 250 g/mol. The highest BCUT2D eigenvalue weighted by molar-refractivity contribution is 5.76. The molecule has 0 amide bonds. The summed E-state index contributed by atoms with van der Waals surface area (Å²) in [6.07, 6.45) is 0. The zero-order valence-electron chi connectivity index (χ0n) is 10.2. The minimum absolute atomic E-state index is 0.124. The lowest BCUT2D eigenvalue weighted by Crippen LogP contribution is -2.07. The van der Waals surface area contributed by atoms with Crippen molar-refractivity contribution in [1.82, 2.24) is 0 Å². The number of carbonyl (C=O) groups is 1. The Morgan fingerprint density at radius 2 is 1.89 bits per heavy atom. The first kappa shape index (κ1) is 13.2. The molecule has 19 heavy (non-hydrogen) atoms. The highest BCUT2D eigenvalue weighted by atomic mass is 19.1. The minimum atomic E-state index is -0.961. The highest BCUT2D eigenvalue weighted by Gasteiger charge is 2.15. The normalized spacial score (nSPS) is 12.2. The van der Waals surface area contributed by atoms with Gasteiger partial charge < -0.3 is 5.11 Å². The molecule has 98 valence electrons. The number of halogens is 2. The molecule has 4 heteroatoms. The number of carboxylic acid groups (broad SMARTS) is 1. The Morgan fingerprint density at radius 3 is 2.58 bits per heavy atom. The van der Waals surface area contributed by atoms with Crippen molar-refractivity contribution in [3.63, 3.8) is 0 Å². The molecule has 1 N–H and O–H groups in total. The van der Waals surface area contributed by atoms with Crippen LogP contribution in [-0.4, -0.2) is 11.1 Å². The molecule has 0 saturated carbocycles. The van der Waals surface area contributed by atoms with E-state index >= 15 is 0 Å². The lowest BCUT2D eigenvalue weighted by Gasteiger charge is -2.09. The third-order valence-electron chi connectivity index (χ3n) is 3.00. The van der Waals surface area contributed by atoms with E-state index < -0.39 is 23.5 Å². The third kappa shape index (κ3) is 2.78. The Balaban J connectivity index is 2.49. The number of aliphatic carboxylic acids is 1. The van der Waals surface area contributed by atoms with E-state index in [9.17, 15) is 13.6 Å². The molecule has 2 aromatic rings. The first-order valence-corrected chi connectivity index (χ1v) is 5.77. The summed E-state index contributed by atoms with van der Waals surface area (Å²) in [4.78, 5) is 10.9. The molecule has 2 rings (SSSR count). The summed E-state index contributed by atoms with van der Waals surface area (Å²) < 4.78 is 26.8. The van der Waals surface area contributed by atoms with Crippen molar-refractivity contribution in [1.29, 1.82) is 0 Å². The summed E-state index contributed by atoms with van der Waals surface area (Å²) >= 11 is 0. The van der Waals surface area contributed by atoms with Crippen molar-refractivity contribution < 1.29 is 18.7 Å². The van der Waals surface area contributed by atoms with E-state index in [1.54, 1.807) is 31.2 Å². The van der Waals surface area contributed by atoms with Crippen molar-refractivity contribution in [3.8, 4) is 11.1 Å². The van der Waals surface area contributed by atoms with Gasteiger partial charge in [0, 0.05) is 5.56 Å². The molecule has 0 fully saturated rings. The first-order valence-electron chi connectivity index (χ1n) is 5.77. The van der Waals surface area contributed by atoms with E-state index in [2.05, 4.69) is 0 Å². The average Bonchev–Trinajstić information content (AvgIpc) is 2.40. The number of benzene rings is 2. The fourth-order valence-electron chi connectivity index (χ4n) is 1.84. The van der Waals surface area contributed by atoms with Crippen LogP contribution in [0.25, 0.3) is 11.1 Å². The van der Waals surface area contributed by atoms with Gasteiger partial charge in [0.15, 0.2) is 0 Å². The van der Waals surface area contributed by atoms with Crippen molar-refractivity contribution in [3.05, 3.63) is 59.7 Å². The molecule has 1 atom stereocenters. The summed E-state index contributed by atoms with van der Waals surface area (Å²) in [6, 6.07) is 9.67. The van der Waals surface area contributed by atoms with E-state index in [-0.39, 0.29) is 5.56 Å². The Labute approximate surface area is 109 Å². The van der Waals surface area contributed by atoms with E-state index in [0.717, 1.165) is 18.2 Å². The van der Waals surface area contributed by atoms with Gasteiger partial charge in [0.25, 0.3) is 0 Å². The van der Waals surface area contributed by atoms with E-state index in [0.29, 0.717) is 11.1 Å². The first-order chi connectivity index (χ1) is 8.99. The van der Waals surface area contributed by atoms with Crippen LogP contribution in [0.15, 0.2) is 42.5 Å². The summed E-state index contributed by atoms with van der Waals surface area (Å²) in [5.41, 5.74) is 1.13. The highest BCUT2D eigenvalue weighted by Crippen LogP contribution is 2.27. The third-order valence-corrected chi connectivity index (χ3v) is 3.00. The van der Waals surface area contributed by atoms with E-state index in [4.69, 9.17) is 5.11 Å². The Hall–Kier alpha value is -2.23. The van der Waals surface area contributed by atoms with Crippen molar-refractivity contribution in [2.24, 2.45) is 0 Å². The quantitative estimate of drug-likeness (QED) is 0.913. The number of carboxylic acids is 1. The molecule has 0 aliphatic carbocycles. The molecular formula is C15H12F2O2. The number of rotatable bonds is 3. The second kappa shape index (κ2) is 5.18. The monoisotopic (exact) mass is 262 g/mol. The van der Waals surface area contributed by atoms with E-state index in [1.165, 1.54) is 0 Å². The van der Waals surface area contributed by atoms with Crippen LogP contribution < -0.4 is 0 Å². The zero-order valence-corrected chi connectivity index (χ0v) is 10.2. The average molecular weight is 262 g/mol. The lowest BCUT2D eigenvalue weighted by atomic mass is 9.96. The predicted molar refractivity (Wildman–Crippen MR) is 67.8 cm³/mol. The predicted octanol–water partition coefficient (Wildman–Crippen LogP) is 3.82. The van der Waals surface area contributed by atoms with Gasteiger partial charge >= 0.3 is 5.97 Å². The van der Waals surface area contributed by atoms with Crippen molar-refractivity contribution in [2.45, 2.75) is 12.8 Å². The topological polar surface area (TPSA) is 37.3 Å². The molecule has 2 nitrogen and oxygen atoms in total. The van der Waals surface area contributed by atoms with Crippen LogP contribution in [0.3, 0.4) is 0 Å². The number of hydrogen-bond acceptors (Lipinski definition) is 1. The number of hydrogen-bond donors (Lipinski definition) is 1. The van der Waals surface area contributed by atoms with Crippen LogP contribution in [0.5, 0.6) is 0 Å². The lowest BCUT2D eigenvalue weighted by molar-refractivity contribution is -0.138. The fourth-order valence-corrected chi connectivity index (χ4v) is 1.84. The van der Waals surface area contributed by atoms with Gasteiger partial charge in [-0.1, -0.05) is 24.3 Å². The zero-order chi connectivity index (χ0) is 14.0. The summed E-state index contributed by atoms with van der Waals surface area (Å²) in [7, 11) is 0. The second-order valence-electron chi connectivity index (χ2n) is 4.31. The molecule has 2 aromatic carbocycles. The van der Waals surface area contributed by atoms with Gasteiger partial charge in [-0.15, -0.1) is 0 Å². The van der Waals surface area contributed by atoms with Gasteiger partial charge in [-0.05, 0) is 36.2 Å². The van der Waals surface area contributed by atoms with Crippen LogP contribution in [-0.2, 0) is 4.79 Å². The standard InChI is InChI=1S/C15H12F2O2/c1-9(15(18)19)10-3-2-4-11(7-10)13-8-12(16)5-6-14(13)17/h2-9H,1H3,(H,18,19). The Kier molecular flexibility index (Phi) is 3.60. The van der Waals surface area contributed by atoms with Gasteiger partial charge in [-0.25, -0.2) is 8.78 Å². The van der Waals surface area contributed by atoms with Gasteiger partial charge in [-0.3, -0.25) is 4.79 Å². The molecule has 0 aliphatic heterocycles. The molecule has 0 radical (unpaired) electrons. The van der Waals surface area contributed by atoms with Crippen molar-refractivity contribution >= 4 is 5.97 Å². The molecule has 0 aliphatic rings. The molecule has 0 saturated heterocycles. The van der Waals surface area contributed by atoms with Gasteiger partial charge in [-0.2, -0.15) is 0 Å². The van der Waals surface area contributed by atoms with Crippen LogP contribution in [0.2, 0.25) is 0 Å². The molecule has 0 bridgehead atoms. The van der Waals surface area contributed by atoms with Crippen LogP contribution >= 0.6 is 0 Å². The summed E-state index contributed by atoms with van der Waals surface area (Å²) in [5.74, 6) is -2.73. The fraction of sp³-hybridized carbons (Fsp3) is 0.133. The van der Waals surface area contributed by atoms with Crippen LogP contribution in [0.1, 0.15) is 18.4 Å². The molecule has 1 unspecified atom stereocenters. The van der Waals surface area contributed by atoms with Crippen LogP contribution in [0, 0.1) is 11.6 Å². The SMILES string of the molecule is CC(C(=O)O)c1cccc(-c2cc(F)ccc2F)c1. The Morgan fingerprint density at radius 1 is 1.16 bits per heavy atom. The summed E-state index contributed by atoms with van der Waals surface area (Å²) in [5, 5.41) is 8.96. The van der Waals surface area contributed by atoms with E-state index in [1.807, 2.05) is 0 Å². The van der Waals surface area contributed by atoms with Gasteiger partial charge in [0.1, 0.15) is 11.6 Å². The van der Waals surface area contributed by atoms with Crippen LogP contribution in [0.4, 0.5) is 8.78 Å². The minimum Gasteiger partial charge on any atom is -0.481 e. The largest absolute Gasteiger partial charge is 0.481 e. The second-order valence-corrected chi connectivity index (χ2v) is 4.31. The van der Waals surface area contributed by atoms with Gasteiger partial charge in [0.05, 0.1) is 5.92 Å². The molecule has 0 heterocycles. The Bertz CT molecular complexity index is 623. The summed E-state index contributed by atoms with van der Waals surface area (Å²) in [6.45, 7) is 1.55. The maximum Gasteiger partial charge on any atom is 0.310 e.